The fourth-order valence-corrected chi connectivity index (χ4v) is 3.30. The molecule has 0 bridgehead atoms. The van der Waals surface area contributed by atoms with Gasteiger partial charge in [-0.2, -0.15) is 4.99 Å². The number of nitrogens with zero attached hydrogens (tertiary/aromatic N) is 1. The number of thiocarbonyl (C=S) groups is 1. The molecule has 0 saturated carbocycles. The zero-order valence-corrected chi connectivity index (χ0v) is 17.8. The first kappa shape index (κ1) is 22.5. The van der Waals surface area contributed by atoms with Crippen molar-refractivity contribution in [1.82, 2.24) is 0 Å². The fraction of sp³-hybridized carbons (Fsp3) is 0.192. The third-order valence-corrected chi connectivity index (χ3v) is 4.91. The Morgan fingerprint density at radius 1 is 0.806 bits per heavy atom. The van der Waals surface area contributed by atoms with Crippen molar-refractivity contribution in [3.05, 3.63) is 88.7 Å². The van der Waals surface area contributed by atoms with Crippen molar-refractivity contribution in [1.29, 1.82) is 0 Å². The van der Waals surface area contributed by atoms with Gasteiger partial charge in [0.15, 0.2) is 0 Å². The summed E-state index contributed by atoms with van der Waals surface area (Å²) in [6, 6.07) is 13.8. The van der Waals surface area contributed by atoms with Crippen LogP contribution < -0.4 is 0 Å². The van der Waals surface area contributed by atoms with Crippen LogP contribution in [0.15, 0.2) is 59.6 Å². The summed E-state index contributed by atoms with van der Waals surface area (Å²) in [6.07, 6.45) is 4.56. The number of hydrogen-bond acceptors (Lipinski definition) is 2. The lowest BCUT2D eigenvalue weighted by atomic mass is 10.0. The minimum Gasteiger partial charge on any atom is -0.206 e. The molecule has 0 heterocycles. The van der Waals surface area contributed by atoms with Crippen LogP contribution in [-0.4, -0.2) is 5.16 Å². The minimum absolute atomic E-state index is 0.0431. The highest BCUT2D eigenvalue weighted by Gasteiger charge is 2.15. The van der Waals surface area contributed by atoms with E-state index >= 15 is 0 Å². The molecule has 0 aromatic heterocycles. The van der Waals surface area contributed by atoms with Crippen LogP contribution in [0.25, 0.3) is 11.1 Å². The van der Waals surface area contributed by atoms with Gasteiger partial charge < -0.3 is 0 Å². The third kappa shape index (κ3) is 5.92. The number of aryl methyl sites for hydroxylation is 1. The maximum absolute atomic E-state index is 14.6. The number of aliphatic imine (C=N–C) groups is 1. The summed E-state index contributed by atoms with van der Waals surface area (Å²) in [5.41, 5.74) is 1.91. The molecule has 1 nitrogen and oxygen atoms in total. The molecule has 0 aliphatic carbocycles. The molecular formula is C26H20F3NS. The molecule has 0 amide bonds. The maximum Gasteiger partial charge on any atom is 0.150 e. The van der Waals surface area contributed by atoms with Crippen LogP contribution in [0.1, 0.15) is 42.9 Å². The summed E-state index contributed by atoms with van der Waals surface area (Å²) >= 11 is 4.45. The van der Waals surface area contributed by atoms with Crippen molar-refractivity contribution < 1.29 is 13.2 Å². The molecular weight excluding hydrogens is 415 g/mol. The van der Waals surface area contributed by atoms with Gasteiger partial charge in [0.1, 0.15) is 23.1 Å². The van der Waals surface area contributed by atoms with Gasteiger partial charge in [0.05, 0.1) is 10.7 Å². The molecule has 3 aromatic rings. The summed E-state index contributed by atoms with van der Waals surface area (Å²) in [6.45, 7) is 2.17. The summed E-state index contributed by atoms with van der Waals surface area (Å²) in [7, 11) is 0. The van der Waals surface area contributed by atoms with Crippen LogP contribution >= 0.6 is 12.2 Å². The Balaban J connectivity index is 1.82. The predicted octanol–water partition coefficient (Wildman–Crippen LogP) is 7.64. The molecule has 0 saturated heterocycles. The van der Waals surface area contributed by atoms with Gasteiger partial charge in [-0.15, -0.1) is 0 Å². The van der Waals surface area contributed by atoms with E-state index in [0.29, 0.717) is 0 Å². The lowest BCUT2D eigenvalue weighted by molar-refractivity contribution is 0.588. The number of benzene rings is 3. The first-order valence-corrected chi connectivity index (χ1v) is 10.4. The SMILES string of the molecule is CCCCCc1ccc(C#Cc2cc(F)c(-c3ccc(N=C=S)c(F)c3)c(F)c2)cc1. The fourth-order valence-electron chi connectivity index (χ4n) is 3.20. The molecule has 0 atom stereocenters. The van der Waals surface area contributed by atoms with Crippen molar-refractivity contribution in [2.24, 2.45) is 4.99 Å². The summed E-state index contributed by atoms with van der Waals surface area (Å²) < 4.78 is 43.3. The van der Waals surface area contributed by atoms with E-state index < -0.39 is 17.5 Å². The summed E-state index contributed by atoms with van der Waals surface area (Å²) in [5.74, 6) is 3.34. The highest BCUT2D eigenvalue weighted by Crippen LogP contribution is 2.30. The van der Waals surface area contributed by atoms with E-state index in [1.54, 1.807) is 0 Å². The topological polar surface area (TPSA) is 12.4 Å². The molecule has 31 heavy (non-hydrogen) atoms. The van der Waals surface area contributed by atoms with E-state index in [9.17, 15) is 13.2 Å². The standard InChI is InChI=1S/C26H20F3NS/c1-2-3-4-5-18-6-8-19(9-7-18)10-11-20-14-23(28)26(24(29)15-20)21-12-13-25(30-17-31)22(27)16-21/h6-9,12-16H,2-5H2,1H3. The number of rotatable bonds is 6. The third-order valence-electron chi connectivity index (χ3n) is 4.82. The highest BCUT2D eigenvalue weighted by atomic mass is 32.1. The van der Waals surface area contributed by atoms with Crippen LogP contribution in [0.5, 0.6) is 0 Å². The van der Waals surface area contributed by atoms with E-state index in [-0.39, 0.29) is 22.4 Å². The van der Waals surface area contributed by atoms with Gasteiger partial charge >= 0.3 is 0 Å². The Morgan fingerprint density at radius 3 is 2.10 bits per heavy atom. The van der Waals surface area contributed by atoms with Gasteiger partial charge in [-0.25, -0.2) is 13.2 Å². The molecule has 156 valence electrons. The molecule has 0 fully saturated rings. The molecule has 0 radical (unpaired) electrons. The van der Waals surface area contributed by atoms with Gasteiger partial charge in [-0.3, -0.25) is 0 Å². The predicted molar refractivity (Wildman–Crippen MR) is 122 cm³/mol. The van der Waals surface area contributed by atoms with Crippen molar-refractivity contribution in [2.45, 2.75) is 32.6 Å². The Labute approximate surface area is 185 Å². The zero-order valence-electron chi connectivity index (χ0n) is 17.0. The second kappa shape index (κ2) is 10.7. The molecule has 5 heteroatoms. The lowest BCUT2D eigenvalue weighted by Gasteiger charge is -2.07. The second-order valence-corrected chi connectivity index (χ2v) is 7.27. The van der Waals surface area contributed by atoms with Crippen molar-refractivity contribution in [2.75, 3.05) is 0 Å². The van der Waals surface area contributed by atoms with Gasteiger partial charge in [0.2, 0.25) is 0 Å². The van der Waals surface area contributed by atoms with Crippen molar-refractivity contribution in [3.63, 3.8) is 0 Å². The smallest absolute Gasteiger partial charge is 0.150 e. The van der Waals surface area contributed by atoms with E-state index in [1.807, 2.05) is 24.3 Å². The van der Waals surface area contributed by atoms with Crippen LogP contribution in [-0.2, 0) is 6.42 Å². The first-order valence-electron chi connectivity index (χ1n) is 9.99. The van der Waals surface area contributed by atoms with Gasteiger partial charge in [-0.05, 0) is 72.6 Å². The lowest BCUT2D eigenvalue weighted by Crippen LogP contribution is -1.93. The van der Waals surface area contributed by atoms with Crippen LogP contribution in [0.3, 0.4) is 0 Å². The van der Waals surface area contributed by atoms with Gasteiger partial charge in [-0.1, -0.05) is 49.8 Å². The molecule has 0 N–H and O–H groups in total. The second-order valence-electron chi connectivity index (χ2n) is 7.09. The van der Waals surface area contributed by atoms with E-state index in [0.717, 1.165) is 36.6 Å². The van der Waals surface area contributed by atoms with E-state index in [4.69, 9.17) is 0 Å². The first-order chi connectivity index (χ1) is 15.0. The van der Waals surface area contributed by atoms with Gasteiger partial charge in [0.25, 0.3) is 0 Å². The number of isothiocyanates is 1. The Bertz CT molecular complexity index is 1160. The zero-order chi connectivity index (χ0) is 22.2. The monoisotopic (exact) mass is 435 g/mol. The maximum atomic E-state index is 14.6. The molecule has 0 unspecified atom stereocenters. The van der Waals surface area contributed by atoms with Crippen LogP contribution in [0.4, 0.5) is 18.9 Å². The molecule has 0 spiro atoms. The number of unbranched alkanes of at least 4 members (excludes halogenated alkanes) is 2. The Morgan fingerprint density at radius 2 is 1.48 bits per heavy atom. The average molecular weight is 436 g/mol. The largest absolute Gasteiger partial charge is 0.206 e. The quantitative estimate of drug-likeness (QED) is 0.168. The van der Waals surface area contributed by atoms with Gasteiger partial charge in [0, 0.05) is 11.1 Å². The molecule has 0 aliphatic rings. The average Bonchev–Trinajstić information content (AvgIpc) is 2.75. The van der Waals surface area contributed by atoms with Crippen molar-refractivity contribution in [3.8, 4) is 23.0 Å². The summed E-state index contributed by atoms with van der Waals surface area (Å²) in [5, 5.41) is 2.06. The Kier molecular flexibility index (Phi) is 7.78. The minimum atomic E-state index is -0.818. The van der Waals surface area contributed by atoms with E-state index in [1.165, 1.54) is 30.5 Å². The van der Waals surface area contributed by atoms with Crippen molar-refractivity contribution >= 4 is 23.1 Å². The molecule has 0 aliphatic heterocycles. The highest BCUT2D eigenvalue weighted by molar-refractivity contribution is 7.78. The number of halogens is 3. The van der Waals surface area contributed by atoms with E-state index in [2.05, 4.69) is 41.1 Å². The molecule has 3 aromatic carbocycles. The normalized spacial score (nSPS) is 10.2. The number of hydrogen-bond donors (Lipinski definition) is 0. The van der Waals surface area contributed by atoms with Crippen LogP contribution in [0.2, 0.25) is 0 Å². The van der Waals surface area contributed by atoms with Crippen LogP contribution in [0, 0.1) is 29.3 Å². The Hall–Kier alpha value is -3.19. The summed E-state index contributed by atoms with van der Waals surface area (Å²) in [4.78, 5) is 3.56. The molecule has 3 rings (SSSR count).